The van der Waals surface area contributed by atoms with Gasteiger partial charge in [-0.2, -0.15) is 36.4 Å². The molecule has 2 aromatic carbocycles. The smallest absolute Gasteiger partial charge is 0.256 e. The summed E-state index contributed by atoms with van der Waals surface area (Å²) in [5.41, 5.74) is -0.337. The zero-order valence-corrected chi connectivity index (χ0v) is 14.2. The van der Waals surface area contributed by atoms with Gasteiger partial charge in [-0.1, -0.05) is 18.2 Å². The van der Waals surface area contributed by atoms with E-state index >= 15 is 0 Å². The third-order valence-electron chi connectivity index (χ3n) is 2.26. The molecule has 0 saturated heterocycles. The van der Waals surface area contributed by atoms with Crippen molar-refractivity contribution >= 4 is 0 Å². The standard InChI is InChI=1S/C8H7N3O2.C6H5.K/c12-7-9-8(13)11(10-7)6-4-2-1-3-5-6;1-2-4-6-5-3-1;/h1-5H,(H2,9,10,12,13);1-5H;/q;-1;+1. The Labute approximate surface area is 158 Å². The third kappa shape index (κ3) is 5.07. The molecule has 0 aliphatic heterocycles. The number of H-pyrrole nitrogens is 2. The van der Waals surface area contributed by atoms with Crippen LogP contribution in [0.1, 0.15) is 0 Å². The van der Waals surface area contributed by atoms with Crippen molar-refractivity contribution in [3.05, 3.63) is 87.7 Å². The maximum atomic E-state index is 11.1. The molecule has 1 aromatic heterocycles. The van der Waals surface area contributed by atoms with Gasteiger partial charge in [0.25, 0.3) is 0 Å². The van der Waals surface area contributed by atoms with Crippen LogP contribution in [0.3, 0.4) is 0 Å². The molecule has 0 unspecified atom stereocenters. The van der Waals surface area contributed by atoms with E-state index in [2.05, 4.69) is 16.1 Å². The molecule has 3 aromatic rings. The molecular formula is C14H12KN3O2. The average molecular weight is 293 g/mol. The van der Waals surface area contributed by atoms with E-state index in [1.54, 1.807) is 24.3 Å². The van der Waals surface area contributed by atoms with Crippen molar-refractivity contribution < 1.29 is 51.4 Å². The van der Waals surface area contributed by atoms with Crippen LogP contribution in [0.25, 0.3) is 5.69 Å². The minimum Gasteiger partial charge on any atom is -0.256 e. The van der Waals surface area contributed by atoms with Crippen LogP contribution in [-0.4, -0.2) is 14.8 Å². The summed E-state index contributed by atoms with van der Waals surface area (Å²) in [5, 5.41) is 2.35. The minimum atomic E-state index is -0.506. The Morgan fingerprint density at radius 3 is 1.90 bits per heavy atom. The first-order valence-corrected chi connectivity index (χ1v) is 5.65. The SMILES string of the molecule is O=c1[nH]c(=O)n(-c2ccccc2)[nH]1.[K+].[c-]1ccccc1. The molecule has 0 spiro atoms. The van der Waals surface area contributed by atoms with Crippen molar-refractivity contribution in [3.8, 4) is 5.69 Å². The number of aromatic amines is 2. The number of hydrogen-bond acceptors (Lipinski definition) is 2. The second-order valence-electron chi connectivity index (χ2n) is 3.62. The van der Waals surface area contributed by atoms with Crippen molar-refractivity contribution in [2.75, 3.05) is 0 Å². The molecule has 0 aliphatic carbocycles. The Kier molecular flexibility index (Phi) is 7.49. The summed E-state index contributed by atoms with van der Waals surface area (Å²) >= 11 is 0. The number of nitrogens with zero attached hydrogens (tertiary/aromatic N) is 1. The van der Waals surface area contributed by atoms with Crippen molar-refractivity contribution in [2.45, 2.75) is 0 Å². The Bertz CT molecular complexity index is 690. The fourth-order valence-electron chi connectivity index (χ4n) is 1.43. The molecule has 0 saturated carbocycles. The van der Waals surface area contributed by atoms with Crippen LogP contribution < -0.4 is 62.8 Å². The molecule has 2 N–H and O–H groups in total. The largest absolute Gasteiger partial charge is 1.00 e. The molecular weight excluding hydrogens is 281 g/mol. The summed E-state index contributed by atoms with van der Waals surface area (Å²) < 4.78 is 1.16. The second kappa shape index (κ2) is 8.88. The summed E-state index contributed by atoms with van der Waals surface area (Å²) in [6.07, 6.45) is 0. The van der Waals surface area contributed by atoms with Crippen molar-refractivity contribution in [2.24, 2.45) is 0 Å². The molecule has 5 nitrogen and oxygen atoms in total. The molecule has 0 aliphatic rings. The summed E-state index contributed by atoms with van der Waals surface area (Å²) in [5.74, 6) is 0. The molecule has 0 atom stereocenters. The van der Waals surface area contributed by atoms with Crippen LogP contribution in [0, 0.1) is 6.07 Å². The molecule has 1 heterocycles. The number of benzene rings is 2. The molecule has 20 heavy (non-hydrogen) atoms. The topological polar surface area (TPSA) is 70.7 Å². The molecule has 0 amide bonds. The Morgan fingerprint density at radius 1 is 0.900 bits per heavy atom. The van der Waals surface area contributed by atoms with Gasteiger partial charge in [0, 0.05) is 0 Å². The van der Waals surface area contributed by atoms with Crippen LogP contribution in [0.5, 0.6) is 0 Å². The van der Waals surface area contributed by atoms with Crippen LogP contribution in [0.4, 0.5) is 0 Å². The fourth-order valence-corrected chi connectivity index (χ4v) is 1.43. The quantitative estimate of drug-likeness (QED) is 0.417. The van der Waals surface area contributed by atoms with Gasteiger partial charge in [-0.05, 0) is 12.1 Å². The van der Waals surface area contributed by atoms with Gasteiger partial charge in [0.15, 0.2) is 0 Å². The van der Waals surface area contributed by atoms with Crippen molar-refractivity contribution in [1.82, 2.24) is 14.8 Å². The average Bonchev–Trinajstić information content (AvgIpc) is 2.81. The number of nitrogens with one attached hydrogen (secondary N) is 2. The minimum absolute atomic E-state index is 0. The molecule has 0 radical (unpaired) electrons. The predicted molar refractivity (Wildman–Crippen MR) is 72.3 cm³/mol. The van der Waals surface area contributed by atoms with E-state index in [1.807, 2.05) is 36.4 Å². The molecule has 3 rings (SSSR count). The maximum absolute atomic E-state index is 11.1. The van der Waals surface area contributed by atoms with E-state index in [4.69, 9.17) is 0 Å². The number of para-hydroxylation sites is 1. The monoisotopic (exact) mass is 293 g/mol. The van der Waals surface area contributed by atoms with E-state index in [-0.39, 0.29) is 51.4 Å². The van der Waals surface area contributed by atoms with Crippen LogP contribution in [-0.2, 0) is 0 Å². The molecule has 0 fully saturated rings. The van der Waals surface area contributed by atoms with Gasteiger partial charge in [0.1, 0.15) is 0 Å². The third-order valence-corrected chi connectivity index (χ3v) is 2.26. The summed E-state index contributed by atoms with van der Waals surface area (Å²) in [7, 11) is 0. The number of aromatic nitrogens is 3. The summed E-state index contributed by atoms with van der Waals surface area (Å²) in [4.78, 5) is 24.0. The van der Waals surface area contributed by atoms with Gasteiger partial charge in [-0.3, -0.25) is 4.98 Å². The molecule has 0 bridgehead atoms. The summed E-state index contributed by atoms with van der Waals surface area (Å²) in [6.45, 7) is 0. The summed E-state index contributed by atoms with van der Waals surface area (Å²) in [6, 6.07) is 21.4. The predicted octanol–water partition coefficient (Wildman–Crippen LogP) is -1.66. The Balaban J connectivity index is 0.000000243. The molecule has 96 valence electrons. The van der Waals surface area contributed by atoms with E-state index in [0.29, 0.717) is 5.69 Å². The van der Waals surface area contributed by atoms with Crippen LogP contribution >= 0.6 is 0 Å². The van der Waals surface area contributed by atoms with Gasteiger partial charge >= 0.3 is 62.8 Å². The van der Waals surface area contributed by atoms with Crippen LogP contribution in [0.15, 0.2) is 70.3 Å². The van der Waals surface area contributed by atoms with Gasteiger partial charge in [-0.15, -0.1) is 0 Å². The van der Waals surface area contributed by atoms with E-state index < -0.39 is 11.4 Å². The van der Waals surface area contributed by atoms with E-state index in [0.717, 1.165) is 4.68 Å². The van der Waals surface area contributed by atoms with Gasteiger partial charge in [-0.25, -0.2) is 19.4 Å². The van der Waals surface area contributed by atoms with Crippen LogP contribution in [0.2, 0.25) is 0 Å². The fraction of sp³-hybridized carbons (Fsp3) is 0. The van der Waals surface area contributed by atoms with Gasteiger partial charge in [0.05, 0.1) is 5.69 Å². The Hall–Kier alpha value is -1.18. The number of rotatable bonds is 1. The molecule has 6 heteroatoms. The Morgan fingerprint density at radius 2 is 1.50 bits per heavy atom. The number of hydrogen-bond donors (Lipinski definition) is 2. The van der Waals surface area contributed by atoms with Crippen molar-refractivity contribution in [1.29, 1.82) is 0 Å². The normalized spacial score (nSPS) is 9.00. The maximum Gasteiger partial charge on any atom is 1.00 e. The first-order chi connectivity index (χ1) is 9.27. The van der Waals surface area contributed by atoms with Crippen molar-refractivity contribution in [3.63, 3.8) is 0 Å². The van der Waals surface area contributed by atoms with E-state index in [1.165, 1.54) is 0 Å². The first kappa shape index (κ1) is 16.9. The van der Waals surface area contributed by atoms with E-state index in [9.17, 15) is 9.59 Å². The van der Waals surface area contributed by atoms with Gasteiger partial charge < -0.3 is 0 Å². The first-order valence-electron chi connectivity index (χ1n) is 5.65. The zero-order valence-electron chi connectivity index (χ0n) is 11.0. The second-order valence-corrected chi connectivity index (χ2v) is 3.62. The van der Waals surface area contributed by atoms with Gasteiger partial charge in [0.2, 0.25) is 0 Å². The zero-order chi connectivity index (χ0) is 13.5.